The van der Waals surface area contributed by atoms with E-state index in [2.05, 4.69) is 16.9 Å². The second kappa shape index (κ2) is 8.29. The standard InChI is InChI=1S/C22H24ClFN2O3S/c1-30(27,28)26-11-12-29-20-14-18-15(13-19(20)24)7-10-25-21(18)22(8-2-9-22)16-3-5-17(23)6-4-16/h3-6,13-14,26H,2,7-12H2,1H3. The monoisotopic (exact) mass is 450 g/mol. The van der Waals surface area contributed by atoms with Gasteiger partial charge in [0.15, 0.2) is 11.6 Å². The molecule has 1 saturated carbocycles. The highest BCUT2D eigenvalue weighted by atomic mass is 35.5. The Bertz CT molecular complexity index is 1080. The molecule has 0 saturated heterocycles. The van der Waals surface area contributed by atoms with Gasteiger partial charge in [0.2, 0.25) is 10.0 Å². The number of nitrogens with one attached hydrogen (secondary N) is 1. The first kappa shape index (κ1) is 21.3. The van der Waals surface area contributed by atoms with Crippen LogP contribution in [0.25, 0.3) is 0 Å². The maximum Gasteiger partial charge on any atom is 0.208 e. The molecule has 30 heavy (non-hydrogen) atoms. The Hall–Kier alpha value is -1.96. The van der Waals surface area contributed by atoms with Crippen LogP contribution in [0.15, 0.2) is 41.4 Å². The van der Waals surface area contributed by atoms with Crippen molar-refractivity contribution in [1.82, 2.24) is 4.72 Å². The van der Waals surface area contributed by atoms with E-state index in [9.17, 15) is 12.8 Å². The number of rotatable bonds is 7. The third kappa shape index (κ3) is 4.24. The van der Waals surface area contributed by atoms with Crippen molar-refractivity contribution in [3.63, 3.8) is 0 Å². The van der Waals surface area contributed by atoms with E-state index in [0.717, 1.165) is 42.4 Å². The summed E-state index contributed by atoms with van der Waals surface area (Å²) < 4.78 is 44.9. The highest BCUT2D eigenvalue weighted by molar-refractivity contribution is 7.88. The minimum atomic E-state index is -3.31. The van der Waals surface area contributed by atoms with Crippen LogP contribution in [0.4, 0.5) is 4.39 Å². The Morgan fingerprint density at radius 3 is 2.60 bits per heavy atom. The van der Waals surface area contributed by atoms with Gasteiger partial charge in [0.05, 0.1) is 12.0 Å². The fourth-order valence-electron chi connectivity index (χ4n) is 4.26. The Labute approximate surface area is 181 Å². The number of aliphatic imine (C=N–C) groups is 1. The van der Waals surface area contributed by atoms with Crippen LogP contribution in [0.2, 0.25) is 5.02 Å². The Morgan fingerprint density at radius 2 is 1.97 bits per heavy atom. The van der Waals surface area contributed by atoms with Crippen LogP contribution in [0.5, 0.6) is 5.75 Å². The number of sulfonamides is 1. The molecule has 0 radical (unpaired) electrons. The summed E-state index contributed by atoms with van der Waals surface area (Å²) in [7, 11) is -3.31. The maximum atomic E-state index is 14.6. The van der Waals surface area contributed by atoms with Gasteiger partial charge in [0, 0.05) is 29.1 Å². The number of nitrogens with zero attached hydrogens (tertiary/aromatic N) is 1. The van der Waals surface area contributed by atoms with Crippen molar-refractivity contribution in [2.45, 2.75) is 31.1 Å². The Kier molecular flexibility index (Phi) is 5.88. The van der Waals surface area contributed by atoms with E-state index < -0.39 is 15.8 Å². The van der Waals surface area contributed by atoms with Gasteiger partial charge in [-0.3, -0.25) is 4.99 Å². The topological polar surface area (TPSA) is 67.8 Å². The van der Waals surface area contributed by atoms with Gasteiger partial charge < -0.3 is 4.74 Å². The molecule has 0 amide bonds. The molecular formula is C22H24ClFN2O3S. The van der Waals surface area contributed by atoms with Gasteiger partial charge in [-0.2, -0.15) is 0 Å². The van der Waals surface area contributed by atoms with Gasteiger partial charge in [-0.25, -0.2) is 17.5 Å². The lowest BCUT2D eigenvalue weighted by Crippen LogP contribution is -2.44. The largest absolute Gasteiger partial charge is 0.489 e. The number of benzene rings is 2. The first-order valence-electron chi connectivity index (χ1n) is 10.00. The first-order valence-corrected chi connectivity index (χ1v) is 12.3. The Balaban J connectivity index is 1.63. The first-order chi connectivity index (χ1) is 14.3. The van der Waals surface area contributed by atoms with E-state index in [0.29, 0.717) is 18.0 Å². The molecule has 0 aromatic heterocycles. The molecular weight excluding hydrogens is 427 g/mol. The molecule has 160 valence electrons. The summed E-state index contributed by atoms with van der Waals surface area (Å²) in [6, 6.07) is 11.1. The quantitative estimate of drug-likeness (QED) is 0.651. The molecule has 2 aromatic rings. The molecule has 5 nitrogen and oxygen atoms in total. The molecule has 2 aliphatic rings. The van der Waals surface area contributed by atoms with Gasteiger partial charge in [0.25, 0.3) is 0 Å². The zero-order valence-electron chi connectivity index (χ0n) is 16.7. The van der Waals surface area contributed by atoms with E-state index in [1.54, 1.807) is 6.07 Å². The number of hydrogen-bond donors (Lipinski definition) is 1. The molecule has 1 aliphatic heterocycles. The highest BCUT2D eigenvalue weighted by Gasteiger charge is 2.45. The van der Waals surface area contributed by atoms with Crippen molar-refractivity contribution in [3.05, 3.63) is 63.9 Å². The third-order valence-corrected chi connectivity index (χ3v) is 6.83. The summed E-state index contributed by atoms with van der Waals surface area (Å²) in [4.78, 5) is 4.88. The number of ether oxygens (including phenoxy) is 1. The third-order valence-electron chi connectivity index (χ3n) is 5.84. The van der Waals surface area contributed by atoms with Crippen LogP contribution in [0, 0.1) is 5.82 Å². The zero-order chi connectivity index (χ0) is 21.4. The van der Waals surface area contributed by atoms with E-state index in [-0.39, 0.29) is 24.3 Å². The molecule has 1 N–H and O–H groups in total. The minimum Gasteiger partial charge on any atom is -0.489 e. The van der Waals surface area contributed by atoms with Crippen LogP contribution >= 0.6 is 11.6 Å². The lowest BCUT2D eigenvalue weighted by Gasteiger charge is -2.45. The van der Waals surface area contributed by atoms with Crippen molar-refractivity contribution < 1.29 is 17.5 Å². The van der Waals surface area contributed by atoms with E-state index >= 15 is 0 Å². The van der Waals surface area contributed by atoms with Crippen molar-refractivity contribution in [1.29, 1.82) is 0 Å². The predicted molar refractivity (Wildman–Crippen MR) is 117 cm³/mol. The molecule has 0 bridgehead atoms. The molecule has 1 fully saturated rings. The molecule has 0 atom stereocenters. The van der Waals surface area contributed by atoms with E-state index in [1.165, 1.54) is 11.6 Å². The van der Waals surface area contributed by atoms with Crippen molar-refractivity contribution in [3.8, 4) is 5.75 Å². The fourth-order valence-corrected chi connectivity index (χ4v) is 4.84. The number of fused-ring (bicyclic) bond motifs is 1. The summed E-state index contributed by atoms with van der Waals surface area (Å²) in [6.45, 7) is 0.748. The zero-order valence-corrected chi connectivity index (χ0v) is 18.3. The molecule has 1 aliphatic carbocycles. The van der Waals surface area contributed by atoms with Crippen LogP contribution < -0.4 is 9.46 Å². The van der Waals surface area contributed by atoms with Crippen molar-refractivity contribution in [2.24, 2.45) is 4.99 Å². The summed E-state index contributed by atoms with van der Waals surface area (Å²) in [5.41, 5.74) is 3.82. The number of halogens is 2. The number of hydrogen-bond acceptors (Lipinski definition) is 4. The second-order valence-corrected chi connectivity index (χ2v) is 10.1. The van der Waals surface area contributed by atoms with E-state index in [1.807, 2.05) is 12.1 Å². The second-order valence-electron chi connectivity index (χ2n) is 7.88. The average Bonchev–Trinajstić information content (AvgIpc) is 2.65. The summed E-state index contributed by atoms with van der Waals surface area (Å²) in [5, 5.41) is 0.694. The molecule has 1 heterocycles. The van der Waals surface area contributed by atoms with Crippen molar-refractivity contribution >= 4 is 27.3 Å². The van der Waals surface area contributed by atoms with Crippen LogP contribution in [0.3, 0.4) is 0 Å². The summed E-state index contributed by atoms with van der Waals surface area (Å²) in [5.74, 6) is -0.326. The van der Waals surface area contributed by atoms with Gasteiger partial charge >= 0.3 is 0 Å². The maximum absolute atomic E-state index is 14.6. The lowest BCUT2D eigenvalue weighted by molar-refractivity contribution is 0.306. The van der Waals surface area contributed by atoms with Gasteiger partial charge in [-0.15, -0.1) is 0 Å². The van der Waals surface area contributed by atoms with Crippen LogP contribution in [-0.4, -0.2) is 40.1 Å². The molecule has 0 spiro atoms. The summed E-state index contributed by atoms with van der Waals surface area (Å²) >= 11 is 6.09. The molecule has 8 heteroatoms. The highest BCUT2D eigenvalue weighted by Crippen LogP contribution is 2.48. The lowest BCUT2D eigenvalue weighted by atomic mass is 9.59. The van der Waals surface area contributed by atoms with Crippen LogP contribution in [0.1, 0.15) is 36.0 Å². The van der Waals surface area contributed by atoms with Crippen molar-refractivity contribution in [2.75, 3.05) is 26.0 Å². The average molecular weight is 451 g/mol. The van der Waals surface area contributed by atoms with Gasteiger partial charge in [-0.1, -0.05) is 30.2 Å². The molecule has 0 unspecified atom stereocenters. The van der Waals surface area contributed by atoms with Crippen LogP contribution in [-0.2, 0) is 21.9 Å². The van der Waals surface area contributed by atoms with Gasteiger partial charge in [-0.05, 0) is 54.7 Å². The smallest absolute Gasteiger partial charge is 0.208 e. The van der Waals surface area contributed by atoms with Gasteiger partial charge in [0.1, 0.15) is 6.61 Å². The Morgan fingerprint density at radius 1 is 1.23 bits per heavy atom. The summed E-state index contributed by atoms with van der Waals surface area (Å²) in [6.07, 6.45) is 4.84. The predicted octanol–water partition coefficient (Wildman–Crippen LogP) is 3.87. The fraction of sp³-hybridized carbons (Fsp3) is 0.409. The minimum absolute atomic E-state index is 0.0393. The normalized spacial score (nSPS) is 17.6. The molecule has 4 rings (SSSR count). The SMILES string of the molecule is CS(=O)(=O)NCCOc1cc2c(cc1F)CCN=C2C1(c2ccc(Cl)cc2)CCC1. The molecule has 2 aromatic carbocycles. The van der Waals surface area contributed by atoms with E-state index in [4.69, 9.17) is 21.3 Å².